The maximum atomic E-state index is 13.7. The van der Waals surface area contributed by atoms with Gasteiger partial charge in [0.05, 0.1) is 14.2 Å². The summed E-state index contributed by atoms with van der Waals surface area (Å²) >= 11 is 0. The number of benzene rings is 1. The van der Waals surface area contributed by atoms with Gasteiger partial charge < -0.3 is 15.2 Å². The zero-order chi connectivity index (χ0) is 12.8. The Morgan fingerprint density at radius 2 is 1.82 bits per heavy atom. The average molecular weight is 239 g/mol. The highest BCUT2D eigenvalue weighted by atomic mass is 19.1. The van der Waals surface area contributed by atoms with Crippen molar-refractivity contribution in [3.8, 4) is 11.5 Å². The zero-order valence-electron chi connectivity index (χ0n) is 10.6. The number of methoxy groups -OCH3 is 2. The second-order valence-electron chi connectivity index (χ2n) is 5.02. The van der Waals surface area contributed by atoms with Gasteiger partial charge in [-0.05, 0) is 17.5 Å². The van der Waals surface area contributed by atoms with Crippen LogP contribution in [0.5, 0.6) is 11.5 Å². The monoisotopic (exact) mass is 239 g/mol. The summed E-state index contributed by atoms with van der Waals surface area (Å²) in [6.45, 7) is 4.12. The quantitative estimate of drug-likeness (QED) is 0.880. The maximum absolute atomic E-state index is 13.7. The summed E-state index contributed by atoms with van der Waals surface area (Å²) in [6, 6.07) is 2.98. The highest BCUT2D eigenvalue weighted by molar-refractivity contribution is 5.53. The minimum atomic E-state index is -0.377. The minimum Gasteiger partial charge on any atom is -0.496 e. The molecule has 0 aromatic heterocycles. The molecule has 1 saturated carbocycles. The first-order valence-corrected chi connectivity index (χ1v) is 5.61. The summed E-state index contributed by atoms with van der Waals surface area (Å²) < 4.78 is 24.1. The Hall–Kier alpha value is -1.29. The molecule has 1 aromatic carbocycles. The molecule has 3 nitrogen and oxygen atoms in total. The molecule has 0 heterocycles. The molecule has 0 spiro atoms. The van der Waals surface area contributed by atoms with Gasteiger partial charge in [0.15, 0.2) is 11.6 Å². The van der Waals surface area contributed by atoms with Crippen molar-refractivity contribution >= 4 is 0 Å². The summed E-state index contributed by atoms with van der Waals surface area (Å²) in [5, 5.41) is 0. The fraction of sp³-hybridized carbons (Fsp3) is 0.538. The number of ether oxygens (including phenoxy) is 2. The Morgan fingerprint density at radius 3 is 2.24 bits per heavy atom. The van der Waals surface area contributed by atoms with Crippen molar-refractivity contribution in [3.63, 3.8) is 0 Å². The summed E-state index contributed by atoms with van der Waals surface area (Å²) in [4.78, 5) is 0. The number of hydrogen-bond donors (Lipinski definition) is 1. The maximum Gasteiger partial charge on any atom is 0.165 e. The number of nitrogens with two attached hydrogens (primary N) is 1. The SMILES string of the molecule is COc1ccc(F)c(OC)c1[C@@H]1[C@@H](N)C1(C)C. The first-order chi connectivity index (χ1) is 7.95. The third-order valence-corrected chi connectivity index (χ3v) is 3.75. The second kappa shape index (κ2) is 3.88. The fourth-order valence-corrected chi connectivity index (χ4v) is 2.46. The van der Waals surface area contributed by atoms with Gasteiger partial charge in [-0.3, -0.25) is 0 Å². The Kier molecular flexibility index (Phi) is 2.78. The standard InChI is InChI=1S/C13H18FNO2/c1-13(2)10(12(13)15)9-8(16-3)6-5-7(14)11(9)17-4/h5-6,10,12H,15H2,1-4H3/t10-,12-/m1/s1. The lowest BCUT2D eigenvalue weighted by molar-refractivity contribution is 0.363. The molecule has 1 aliphatic carbocycles. The van der Waals surface area contributed by atoms with E-state index in [9.17, 15) is 4.39 Å². The van der Waals surface area contributed by atoms with Gasteiger partial charge in [0.2, 0.25) is 0 Å². The normalized spacial score (nSPS) is 25.5. The van der Waals surface area contributed by atoms with Gasteiger partial charge in [0.1, 0.15) is 5.75 Å². The molecule has 1 fully saturated rings. The third kappa shape index (κ3) is 1.67. The number of halogens is 1. The lowest BCUT2D eigenvalue weighted by Gasteiger charge is -2.14. The highest BCUT2D eigenvalue weighted by Gasteiger charge is 2.58. The van der Waals surface area contributed by atoms with Crippen LogP contribution in [0.25, 0.3) is 0 Å². The van der Waals surface area contributed by atoms with E-state index in [1.54, 1.807) is 13.2 Å². The molecule has 0 bridgehead atoms. The lowest BCUT2D eigenvalue weighted by atomic mass is 10.0. The van der Waals surface area contributed by atoms with Crippen LogP contribution < -0.4 is 15.2 Å². The minimum absolute atomic E-state index is 0.00657. The van der Waals surface area contributed by atoms with E-state index in [2.05, 4.69) is 13.8 Å². The van der Waals surface area contributed by atoms with Crippen LogP contribution in [0.1, 0.15) is 25.3 Å². The Labute approximate surface area is 101 Å². The average Bonchev–Trinajstić information content (AvgIpc) is 2.77. The summed E-state index contributed by atoms with van der Waals surface area (Å²) in [7, 11) is 3.03. The molecule has 0 radical (unpaired) electrons. The van der Waals surface area contributed by atoms with Crippen molar-refractivity contribution in [3.05, 3.63) is 23.5 Å². The van der Waals surface area contributed by atoms with Gasteiger partial charge in [-0.2, -0.15) is 0 Å². The molecule has 17 heavy (non-hydrogen) atoms. The van der Waals surface area contributed by atoms with Crippen LogP contribution in [0.4, 0.5) is 4.39 Å². The molecule has 0 saturated heterocycles. The topological polar surface area (TPSA) is 44.5 Å². The molecule has 2 rings (SSSR count). The van der Waals surface area contributed by atoms with E-state index in [0.29, 0.717) is 5.75 Å². The van der Waals surface area contributed by atoms with Crippen molar-refractivity contribution in [2.24, 2.45) is 11.1 Å². The smallest absolute Gasteiger partial charge is 0.165 e. The summed E-state index contributed by atoms with van der Waals surface area (Å²) in [5.41, 5.74) is 6.74. The first-order valence-electron chi connectivity index (χ1n) is 5.61. The largest absolute Gasteiger partial charge is 0.496 e. The van der Waals surface area contributed by atoms with Crippen LogP contribution in [0.3, 0.4) is 0 Å². The van der Waals surface area contributed by atoms with E-state index in [1.807, 2.05) is 0 Å². The Bertz CT molecular complexity index is 445. The van der Waals surface area contributed by atoms with Crippen LogP contribution in [0, 0.1) is 11.2 Å². The highest BCUT2D eigenvalue weighted by Crippen LogP contribution is 2.61. The molecular formula is C13H18FNO2. The number of rotatable bonds is 3. The molecule has 0 amide bonds. The second-order valence-corrected chi connectivity index (χ2v) is 5.02. The molecular weight excluding hydrogens is 221 g/mol. The van der Waals surface area contributed by atoms with Crippen LogP contribution in [-0.2, 0) is 0 Å². The zero-order valence-corrected chi connectivity index (χ0v) is 10.6. The molecule has 94 valence electrons. The van der Waals surface area contributed by atoms with Crippen molar-refractivity contribution in [1.29, 1.82) is 0 Å². The molecule has 2 N–H and O–H groups in total. The predicted octanol–water partition coefficient (Wildman–Crippen LogP) is 2.29. The lowest BCUT2D eigenvalue weighted by Crippen LogP contribution is -2.07. The van der Waals surface area contributed by atoms with Gasteiger partial charge in [-0.1, -0.05) is 13.8 Å². The van der Waals surface area contributed by atoms with E-state index in [-0.39, 0.29) is 28.9 Å². The van der Waals surface area contributed by atoms with Crippen molar-refractivity contribution in [2.75, 3.05) is 14.2 Å². The first kappa shape index (κ1) is 12.2. The molecule has 0 aliphatic heterocycles. The van der Waals surface area contributed by atoms with Gasteiger partial charge in [-0.15, -0.1) is 0 Å². The molecule has 0 unspecified atom stereocenters. The van der Waals surface area contributed by atoms with E-state index < -0.39 is 0 Å². The summed E-state index contributed by atoms with van der Waals surface area (Å²) in [6.07, 6.45) is 0. The molecule has 2 atom stereocenters. The van der Waals surface area contributed by atoms with E-state index >= 15 is 0 Å². The van der Waals surface area contributed by atoms with Gasteiger partial charge in [0.25, 0.3) is 0 Å². The summed E-state index contributed by atoms with van der Waals surface area (Å²) in [5.74, 6) is 0.575. The number of hydrogen-bond acceptors (Lipinski definition) is 3. The van der Waals surface area contributed by atoms with E-state index in [1.165, 1.54) is 13.2 Å². The Balaban J connectivity index is 2.55. The van der Waals surface area contributed by atoms with Crippen LogP contribution >= 0.6 is 0 Å². The van der Waals surface area contributed by atoms with Crippen molar-refractivity contribution in [1.82, 2.24) is 0 Å². The fourth-order valence-electron chi connectivity index (χ4n) is 2.46. The van der Waals surface area contributed by atoms with Crippen LogP contribution in [0.15, 0.2) is 12.1 Å². The molecule has 4 heteroatoms. The van der Waals surface area contributed by atoms with Gasteiger partial charge in [-0.25, -0.2) is 4.39 Å². The van der Waals surface area contributed by atoms with E-state index in [0.717, 1.165) is 5.56 Å². The molecule has 1 aromatic rings. The Morgan fingerprint density at radius 1 is 1.24 bits per heavy atom. The predicted molar refractivity (Wildman–Crippen MR) is 64.0 cm³/mol. The molecule has 1 aliphatic rings. The third-order valence-electron chi connectivity index (χ3n) is 3.75. The van der Waals surface area contributed by atoms with Gasteiger partial charge in [0, 0.05) is 17.5 Å². The van der Waals surface area contributed by atoms with Gasteiger partial charge >= 0.3 is 0 Å². The van der Waals surface area contributed by atoms with E-state index in [4.69, 9.17) is 15.2 Å². The van der Waals surface area contributed by atoms with Crippen LogP contribution in [0.2, 0.25) is 0 Å². The van der Waals surface area contributed by atoms with Crippen molar-refractivity contribution < 1.29 is 13.9 Å². The van der Waals surface area contributed by atoms with Crippen LogP contribution in [-0.4, -0.2) is 20.3 Å². The van der Waals surface area contributed by atoms with Crippen molar-refractivity contribution in [2.45, 2.75) is 25.8 Å².